The van der Waals surface area contributed by atoms with Gasteiger partial charge in [-0.15, -0.1) is 0 Å². The second-order valence-electron chi connectivity index (χ2n) is 6.26. The van der Waals surface area contributed by atoms with Crippen molar-refractivity contribution in [2.45, 2.75) is 6.92 Å². The number of nitrogens with one attached hydrogen (secondary N) is 1. The Morgan fingerprint density at radius 1 is 1.04 bits per heavy atom. The predicted octanol–water partition coefficient (Wildman–Crippen LogP) is 6.09. The van der Waals surface area contributed by atoms with Crippen LogP contribution in [0, 0.1) is 6.92 Å². The van der Waals surface area contributed by atoms with Crippen molar-refractivity contribution in [2.75, 3.05) is 5.32 Å². The molecule has 4 nitrogen and oxygen atoms in total. The van der Waals surface area contributed by atoms with Crippen molar-refractivity contribution in [2.24, 2.45) is 0 Å². The number of benzene rings is 2. The fraction of sp³-hybridized carbons (Fsp3) is 0.0476. The molecule has 4 rings (SSSR count). The Hall–Kier alpha value is -2.44. The van der Waals surface area contributed by atoms with Crippen molar-refractivity contribution in [3.05, 3.63) is 87.1 Å². The van der Waals surface area contributed by atoms with Crippen LogP contribution in [0.3, 0.4) is 0 Å². The Kier molecular flexibility index (Phi) is 4.85. The number of aryl methyl sites for hydroxylation is 1. The van der Waals surface area contributed by atoms with E-state index in [2.05, 4.69) is 37.2 Å². The number of rotatable bonds is 3. The molecule has 4 aromatic rings. The van der Waals surface area contributed by atoms with Crippen LogP contribution in [0.4, 0.5) is 5.69 Å². The summed E-state index contributed by atoms with van der Waals surface area (Å²) in [5.41, 5.74) is 5.09. The van der Waals surface area contributed by atoms with Gasteiger partial charge in [0.15, 0.2) is 5.65 Å². The molecule has 27 heavy (non-hydrogen) atoms. The monoisotopic (exact) mass is 483 g/mol. The Morgan fingerprint density at radius 3 is 2.59 bits per heavy atom. The number of amides is 1. The minimum atomic E-state index is -0.131. The summed E-state index contributed by atoms with van der Waals surface area (Å²) in [6.45, 7) is 2.00. The minimum Gasteiger partial charge on any atom is -0.322 e. The van der Waals surface area contributed by atoms with Gasteiger partial charge in [0.25, 0.3) is 5.91 Å². The Balaban J connectivity index is 1.63. The topological polar surface area (TPSA) is 46.4 Å². The van der Waals surface area contributed by atoms with E-state index in [1.165, 1.54) is 0 Å². The van der Waals surface area contributed by atoms with Gasteiger partial charge in [0.05, 0.1) is 10.2 Å². The van der Waals surface area contributed by atoms with E-state index in [-0.39, 0.29) is 5.91 Å². The van der Waals surface area contributed by atoms with Gasteiger partial charge in [-0.25, -0.2) is 4.98 Å². The molecule has 0 unspecified atom stereocenters. The number of carbonyl (C=O) groups is 1. The molecule has 0 fully saturated rings. The molecule has 134 valence electrons. The Bertz CT molecular complexity index is 1150. The highest BCUT2D eigenvalue weighted by Gasteiger charge is 2.10. The first-order chi connectivity index (χ1) is 13.0. The maximum atomic E-state index is 12.5. The van der Waals surface area contributed by atoms with Gasteiger partial charge in [-0.1, -0.05) is 29.8 Å². The van der Waals surface area contributed by atoms with E-state index >= 15 is 0 Å². The third-order valence-electron chi connectivity index (χ3n) is 4.20. The van der Waals surface area contributed by atoms with Crippen LogP contribution in [0.1, 0.15) is 15.9 Å². The number of halogens is 2. The molecular weight excluding hydrogens is 470 g/mol. The molecule has 0 bridgehead atoms. The van der Waals surface area contributed by atoms with Crippen molar-refractivity contribution >= 4 is 49.1 Å². The largest absolute Gasteiger partial charge is 0.322 e. The van der Waals surface area contributed by atoms with E-state index in [0.717, 1.165) is 37.1 Å². The van der Waals surface area contributed by atoms with Crippen LogP contribution in [0.25, 0.3) is 16.9 Å². The zero-order valence-electron chi connectivity index (χ0n) is 14.4. The molecule has 0 aliphatic carbocycles. The molecule has 0 aliphatic heterocycles. The lowest BCUT2D eigenvalue weighted by molar-refractivity contribution is 0.102. The number of imidazole rings is 1. The van der Waals surface area contributed by atoms with E-state index in [1.54, 1.807) is 0 Å². The Labute approximate surface area is 173 Å². The van der Waals surface area contributed by atoms with Gasteiger partial charge in [-0.05, 0) is 69.1 Å². The number of hydrogen-bond donors (Lipinski definition) is 1. The fourth-order valence-electron chi connectivity index (χ4n) is 2.83. The van der Waals surface area contributed by atoms with Crippen molar-refractivity contribution in [3.63, 3.8) is 0 Å². The molecule has 0 radical (unpaired) electrons. The highest BCUT2D eigenvalue weighted by atomic mass is 79.9. The second-order valence-corrected chi connectivity index (χ2v) is 8.03. The van der Waals surface area contributed by atoms with Gasteiger partial charge in [-0.2, -0.15) is 0 Å². The van der Waals surface area contributed by atoms with E-state index in [4.69, 9.17) is 4.98 Å². The van der Waals surface area contributed by atoms with Crippen LogP contribution in [-0.4, -0.2) is 15.3 Å². The molecule has 0 aliphatic rings. The molecule has 2 heterocycles. The van der Waals surface area contributed by atoms with Crippen LogP contribution in [0.2, 0.25) is 0 Å². The molecule has 0 atom stereocenters. The lowest BCUT2D eigenvalue weighted by Crippen LogP contribution is -2.11. The number of nitrogens with zero attached hydrogens (tertiary/aromatic N) is 2. The number of carbonyl (C=O) groups excluding carboxylic acids is 1. The minimum absolute atomic E-state index is 0.131. The first-order valence-corrected chi connectivity index (χ1v) is 9.90. The van der Waals surface area contributed by atoms with Gasteiger partial charge in [0, 0.05) is 33.7 Å². The summed E-state index contributed by atoms with van der Waals surface area (Å²) in [5, 5.41) is 2.95. The molecule has 0 saturated heterocycles. The van der Waals surface area contributed by atoms with Crippen LogP contribution >= 0.6 is 31.9 Å². The van der Waals surface area contributed by atoms with Crippen LogP contribution < -0.4 is 5.32 Å². The molecular formula is C21H15Br2N3O. The SMILES string of the molecule is Cc1ccc(C(=O)Nc2cccc(-c3cn4cc(Br)cc(Br)c4n3)c2)cc1. The molecule has 1 N–H and O–H groups in total. The maximum Gasteiger partial charge on any atom is 0.255 e. The van der Waals surface area contributed by atoms with Crippen LogP contribution in [-0.2, 0) is 0 Å². The number of aromatic nitrogens is 2. The lowest BCUT2D eigenvalue weighted by atomic mass is 10.1. The summed E-state index contributed by atoms with van der Waals surface area (Å²) in [7, 11) is 0. The first-order valence-electron chi connectivity index (χ1n) is 8.32. The van der Waals surface area contributed by atoms with E-state index in [1.807, 2.05) is 78.3 Å². The summed E-state index contributed by atoms with van der Waals surface area (Å²) < 4.78 is 3.83. The fourth-order valence-corrected chi connectivity index (χ4v) is 4.12. The smallest absolute Gasteiger partial charge is 0.255 e. The normalized spacial score (nSPS) is 10.9. The molecule has 0 saturated carbocycles. The standard InChI is InChI=1S/C21H15Br2N3O/c1-13-5-7-14(8-6-13)21(27)24-17-4-2-3-15(9-17)19-12-26-11-16(22)10-18(23)20(26)25-19/h2-12H,1H3,(H,24,27). The number of anilines is 1. The van der Waals surface area contributed by atoms with E-state index in [0.29, 0.717) is 5.56 Å². The van der Waals surface area contributed by atoms with Gasteiger partial charge in [0.1, 0.15) is 0 Å². The highest BCUT2D eigenvalue weighted by molar-refractivity contribution is 9.11. The molecule has 0 spiro atoms. The van der Waals surface area contributed by atoms with E-state index < -0.39 is 0 Å². The van der Waals surface area contributed by atoms with Gasteiger partial charge in [-0.3, -0.25) is 4.79 Å². The van der Waals surface area contributed by atoms with Gasteiger partial charge in [0.2, 0.25) is 0 Å². The third-order valence-corrected chi connectivity index (χ3v) is 5.22. The molecule has 6 heteroatoms. The van der Waals surface area contributed by atoms with Crippen molar-refractivity contribution in [1.82, 2.24) is 9.38 Å². The molecule has 1 amide bonds. The zero-order valence-corrected chi connectivity index (χ0v) is 17.6. The van der Waals surface area contributed by atoms with Gasteiger partial charge < -0.3 is 9.72 Å². The van der Waals surface area contributed by atoms with Crippen molar-refractivity contribution < 1.29 is 4.79 Å². The number of fused-ring (bicyclic) bond motifs is 1. The summed E-state index contributed by atoms with van der Waals surface area (Å²) in [6.07, 6.45) is 3.92. The van der Waals surface area contributed by atoms with Gasteiger partial charge >= 0.3 is 0 Å². The van der Waals surface area contributed by atoms with Crippen LogP contribution in [0.15, 0.2) is 75.9 Å². The zero-order chi connectivity index (χ0) is 19.0. The average molecular weight is 485 g/mol. The summed E-state index contributed by atoms with van der Waals surface area (Å²) >= 11 is 7.03. The molecule has 2 aromatic heterocycles. The summed E-state index contributed by atoms with van der Waals surface area (Å²) in [6, 6.07) is 17.2. The summed E-state index contributed by atoms with van der Waals surface area (Å²) in [5.74, 6) is -0.131. The number of pyridine rings is 1. The van der Waals surface area contributed by atoms with E-state index in [9.17, 15) is 4.79 Å². The average Bonchev–Trinajstić information content (AvgIpc) is 3.07. The molecule has 2 aromatic carbocycles. The first kappa shape index (κ1) is 17.9. The van der Waals surface area contributed by atoms with Crippen molar-refractivity contribution in [1.29, 1.82) is 0 Å². The quantitative estimate of drug-likeness (QED) is 0.382. The Morgan fingerprint density at radius 2 is 1.81 bits per heavy atom. The maximum absolute atomic E-state index is 12.5. The van der Waals surface area contributed by atoms with Crippen LogP contribution in [0.5, 0.6) is 0 Å². The predicted molar refractivity (Wildman–Crippen MR) is 115 cm³/mol. The number of hydrogen-bond acceptors (Lipinski definition) is 2. The summed E-state index contributed by atoms with van der Waals surface area (Å²) in [4.78, 5) is 17.1. The lowest BCUT2D eigenvalue weighted by Gasteiger charge is -2.07. The van der Waals surface area contributed by atoms with Crippen molar-refractivity contribution in [3.8, 4) is 11.3 Å². The highest BCUT2D eigenvalue weighted by Crippen LogP contribution is 2.27. The second kappa shape index (κ2) is 7.29. The third kappa shape index (κ3) is 3.82.